The molecular weight excluding hydrogens is 576 g/mol. The lowest BCUT2D eigenvalue weighted by molar-refractivity contribution is -0.157. The lowest BCUT2D eigenvalue weighted by Crippen LogP contribution is -2.62. The topological polar surface area (TPSA) is 79.3 Å². The molecule has 3 fully saturated rings. The molecule has 0 saturated heterocycles. The minimum Gasteiger partial charge on any atom is -0.481 e. The molecule has 1 unspecified atom stereocenters. The molecule has 4 aromatic rings. The zero-order chi connectivity index (χ0) is 27.4. The van der Waals surface area contributed by atoms with Gasteiger partial charge in [-0.2, -0.15) is 0 Å². The number of rotatable bonds is 5. The first-order valence-electron chi connectivity index (χ1n) is 13.2. The maximum atomic E-state index is 14.4. The Hall–Kier alpha value is -3.22. The van der Waals surface area contributed by atoms with Crippen LogP contribution in [-0.2, 0) is 4.79 Å². The Morgan fingerprint density at radius 2 is 1.69 bits per heavy atom. The van der Waals surface area contributed by atoms with E-state index in [4.69, 9.17) is 16.6 Å². The number of halogens is 2. The smallest absolute Gasteiger partial charge is 0.309 e. The van der Waals surface area contributed by atoms with E-state index in [1.165, 1.54) is 0 Å². The highest BCUT2D eigenvalue weighted by atomic mass is 79.9. The summed E-state index contributed by atoms with van der Waals surface area (Å²) in [6, 6.07) is 23.3. The van der Waals surface area contributed by atoms with E-state index < -0.39 is 16.9 Å². The fraction of sp³-hybridized carbons (Fsp3) is 0.281. The van der Waals surface area contributed by atoms with E-state index in [1.807, 2.05) is 79.7 Å². The first-order chi connectivity index (χ1) is 18.7. The molecule has 1 atom stereocenters. The Labute approximate surface area is 240 Å². The summed E-state index contributed by atoms with van der Waals surface area (Å²) in [5, 5.41) is 15.0. The zero-order valence-electron chi connectivity index (χ0n) is 21.5. The van der Waals surface area contributed by atoms with E-state index in [2.05, 4.69) is 21.2 Å². The second-order valence-electron chi connectivity index (χ2n) is 11.0. The number of fused-ring (bicyclic) bond motifs is 4. The summed E-state index contributed by atoms with van der Waals surface area (Å²) in [6.07, 6.45) is 2.67. The van der Waals surface area contributed by atoms with E-state index >= 15 is 0 Å². The third kappa shape index (κ3) is 4.34. The fourth-order valence-electron chi connectivity index (χ4n) is 6.78. The Balaban J connectivity index is 1.48. The van der Waals surface area contributed by atoms with Crippen molar-refractivity contribution in [3.05, 3.63) is 99.0 Å². The molecule has 3 aliphatic rings. The molecule has 7 rings (SSSR count). The Kier molecular flexibility index (Phi) is 6.51. The van der Waals surface area contributed by atoms with Gasteiger partial charge in [0.2, 0.25) is 0 Å². The highest BCUT2D eigenvalue weighted by Crippen LogP contribution is 2.59. The highest BCUT2D eigenvalue weighted by Gasteiger charge is 2.59. The zero-order valence-corrected chi connectivity index (χ0v) is 23.8. The molecule has 3 saturated carbocycles. The minimum atomic E-state index is -0.791. The van der Waals surface area contributed by atoms with Crippen molar-refractivity contribution < 1.29 is 14.7 Å². The number of amides is 1. The molecule has 198 valence electrons. The van der Waals surface area contributed by atoms with Gasteiger partial charge in [-0.15, -0.1) is 0 Å². The van der Waals surface area contributed by atoms with Gasteiger partial charge in [-0.1, -0.05) is 76.1 Å². The van der Waals surface area contributed by atoms with Crippen molar-refractivity contribution in [2.75, 3.05) is 0 Å². The number of aliphatic carboxylic acids is 1. The van der Waals surface area contributed by atoms with Gasteiger partial charge in [-0.3, -0.25) is 9.59 Å². The number of carboxylic acids is 1. The summed E-state index contributed by atoms with van der Waals surface area (Å²) in [7, 11) is 0. The van der Waals surface area contributed by atoms with Gasteiger partial charge in [0.25, 0.3) is 5.91 Å². The maximum absolute atomic E-state index is 14.4. The molecule has 39 heavy (non-hydrogen) atoms. The molecule has 0 radical (unpaired) electrons. The Bertz CT molecular complexity index is 1610. The predicted octanol–water partition coefficient (Wildman–Crippen LogP) is 7.93. The van der Waals surface area contributed by atoms with Crippen LogP contribution < -0.4 is 5.32 Å². The van der Waals surface area contributed by atoms with Crippen LogP contribution >= 0.6 is 27.5 Å². The SMILES string of the molecule is Cc1c(-c2ccccc2)nc2ccc(Br)cc2c1C(=O)NC12CCC(C(=O)O)(CC1)CC2c1ccccc1Cl. The van der Waals surface area contributed by atoms with Crippen LogP contribution in [0.15, 0.2) is 77.3 Å². The summed E-state index contributed by atoms with van der Waals surface area (Å²) in [5.74, 6) is -1.13. The van der Waals surface area contributed by atoms with Gasteiger partial charge in [-0.05, 0) is 74.4 Å². The predicted molar refractivity (Wildman–Crippen MR) is 157 cm³/mol. The van der Waals surface area contributed by atoms with E-state index in [1.54, 1.807) is 0 Å². The average molecular weight is 604 g/mol. The van der Waals surface area contributed by atoms with Gasteiger partial charge >= 0.3 is 5.97 Å². The Morgan fingerprint density at radius 1 is 1.00 bits per heavy atom. The lowest BCUT2D eigenvalue weighted by atomic mass is 9.51. The first-order valence-corrected chi connectivity index (χ1v) is 14.4. The molecule has 0 aliphatic heterocycles. The summed E-state index contributed by atoms with van der Waals surface area (Å²) < 4.78 is 0.867. The standard InChI is InChI=1S/C32H28BrClN2O3/c1-19-27(23-17-21(33)11-12-26(23)35-28(19)20-7-3-2-4-8-20)29(37)36-32-15-13-31(14-16-32,30(38)39)18-24(32)22-9-5-6-10-25(22)34/h2-12,17,24H,13-16,18H2,1H3,(H,36,37)(H,38,39). The van der Waals surface area contributed by atoms with Crippen molar-refractivity contribution in [2.45, 2.75) is 50.5 Å². The van der Waals surface area contributed by atoms with Crippen LogP contribution in [0.25, 0.3) is 22.2 Å². The molecule has 0 spiro atoms. The number of carboxylic acid groups (broad SMARTS) is 1. The average Bonchev–Trinajstić information content (AvgIpc) is 2.94. The molecule has 7 heteroatoms. The normalized spacial score (nSPS) is 24.0. The minimum absolute atomic E-state index is 0.169. The molecule has 3 aromatic carbocycles. The number of hydrogen-bond donors (Lipinski definition) is 2. The quantitative estimate of drug-likeness (QED) is 0.243. The van der Waals surface area contributed by atoms with Crippen LogP contribution in [-0.4, -0.2) is 27.5 Å². The van der Waals surface area contributed by atoms with Gasteiger partial charge in [-0.25, -0.2) is 4.98 Å². The van der Waals surface area contributed by atoms with Crippen LogP contribution in [0.3, 0.4) is 0 Å². The van der Waals surface area contributed by atoms with Crippen LogP contribution in [0.5, 0.6) is 0 Å². The molecule has 1 amide bonds. The lowest BCUT2D eigenvalue weighted by Gasteiger charge is -2.56. The second kappa shape index (κ2) is 9.76. The number of nitrogens with one attached hydrogen (secondary N) is 1. The number of carbonyl (C=O) groups excluding carboxylic acids is 1. The maximum Gasteiger partial charge on any atom is 0.309 e. The van der Waals surface area contributed by atoms with Gasteiger partial charge in [0, 0.05) is 31.9 Å². The summed E-state index contributed by atoms with van der Waals surface area (Å²) in [6.45, 7) is 1.95. The number of pyridine rings is 1. The van der Waals surface area contributed by atoms with Crippen molar-refractivity contribution in [3.63, 3.8) is 0 Å². The summed E-state index contributed by atoms with van der Waals surface area (Å²) in [5.41, 5.74) is 3.37. The largest absolute Gasteiger partial charge is 0.481 e. The first kappa shape index (κ1) is 26.0. The van der Waals surface area contributed by atoms with E-state index in [-0.39, 0.29) is 11.8 Å². The Morgan fingerprint density at radius 3 is 2.38 bits per heavy atom. The highest BCUT2D eigenvalue weighted by molar-refractivity contribution is 9.10. The monoisotopic (exact) mass is 602 g/mol. The van der Waals surface area contributed by atoms with Crippen LogP contribution in [0.1, 0.15) is 59.5 Å². The number of nitrogens with zero attached hydrogens (tertiary/aromatic N) is 1. The molecule has 1 heterocycles. The van der Waals surface area contributed by atoms with Crippen molar-refractivity contribution in [1.82, 2.24) is 10.3 Å². The summed E-state index contributed by atoms with van der Waals surface area (Å²) >= 11 is 10.2. The summed E-state index contributed by atoms with van der Waals surface area (Å²) in [4.78, 5) is 31.7. The van der Waals surface area contributed by atoms with Crippen LogP contribution in [0.2, 0.25) is 5.02 Å². The van der Waals surface area contributed by atoms with E-state index in [0.717, 1.165) is 37.8 Å². The van der Waals surface area contributed by atoms with E-state index in [9.17, 15) is 14.7 Å². The number of aromatic nitrogens is 1. The van der Waals surface area contributed by atoms with Gasteiger partial charge in [0.05, 0.1) is 22.2 Å². The number of hydrogen-bond acceptors (Lipinski definition) is 3. The fourth-order valence-corrected chi connectivity index (χ4v) is 7.41. The third-order valence-corrected chi connectivity index (χ3v) is 9.76. The van der Waals surface area contributed by atoms with Crippen LogP contribution in [0, 0.1) is 12.3 Å². The molecular formula is C32H28BrClN2O3. The van der Waals surface area contributed by atoms with Gasteiger partial charge in [0.1, 0.15) is 0 Å². The molecule has 5 nitrogen and oxygen atoms in total. The van der Waals surface area contributed by atoms with E-state index in [0.29, 0.717) is 42.7 Å². The number of carbonyl (C=O) groups is 2. The van der Waals surface area contributed by atoms with Crippen molar-refractivity contribution in [2.24, 2.45) is 5.41 Å². The van der Waals surface area contributed by atoms with Gasteiger partial charge in [0.15, 0.2) is 0 Å². The molecule has 3 aliphatic carbocycles. The second-order valence-corrected chi connectivity index (χ2v) is 12.3. The molecule has 1 aromatic heterocycles. The molecule has 2 N–H and O–H groups in total. The van der Waals surface area contributed by atoms with Crippen molar-refractivity contribution >= 4 is 50.3 Å². The third-order valence-electron chi connectivity index (χ3n) is 8.92. The van der Waals surface area contributed by atoms with Crippen molar-refractivity contribution in [1.29, 1.82) is 0 Å². The number of benzene rings is 3. The molecule has 2 bridgehead atoms. The van der Waals surface area contributed by atoms with Crippen LogP contribution in [0.4, 0.5) is 0 Å². The van der Waals surface area contributed by atoms with Crippen molar-refractivity contribution in [3.8, 4) is 11.3 Å². The van der Waals surface area contributed by atoms with Gasteiger partial charge < -0.3 is 10.4 Å².